The van der Waals surface area contributed by atoms with Gasteiger partial charge in [0.2, 0.25) is 0 Å². The average molecular weight is 281 g/mol. The zero-order valence-corrected chi connectivity index (χ0v) is 11.8. The van der Waals surface area contributed by atoms with E-state index in [1.165, 1.54) is 23.1 Å². The molecule has 2 N–H and O–H groups in total. The molecule has 0 aliphatic carbocycles. The minimum absolute atomic E-state index is 0.0156. The van der Waals surface area contributed by atoms with Gasteiger partial charge < -0.3 is 15.3 Å². The number of nitro groups is 1. The van der Waals surface area contributed by atoms with E-state index in [9.17, 15) is 14.9 Å². The third-order valence-electron chi connectivity index (χ3n) is 2.81. The van der Waals surface area contributed by atoms with Crippen LogP contribution >= 0.6 is 0 Å². The summed E-state index contributed by atoms with van der Waals surface area (Å²) >= 11 is 0. The van der Waals surface area contributed by atoms with Crippen LogP contribution in [0.2, 0.25) is 0 Å². The van der Waals surface area contributed by atoms with Gasteiger partial charge >= 0.3 is 0 Å². The normalized spacial score (nSPS) is 11.8. The first-order chi connectivity index (χ1) is 9.36. The second-order valence-corrected chi connectivity index (χ2v) is 4.75. The number of nitrogens with zero attached hydrogens (tertiary/aromatic N) is 2. The predicted molar refractivity (Wildman–Crippen MR) is 75.9 cm³/mol. The lowest BCUT2D eigenvalue weighted by molar-refractivity contribution is -0.384. The first-order valence-corrected chi connectivity index (χ1v) is 6.24. The number of amides is 1. The van der Waals surface area contributed by atoms with Crippen molar-refractivity contribution in [1.82, 2.24) is 4.90 Å². The Balaban J connectivity index is 3.12. The number of rotatable bonds is 6. The summed E-state index contributed by atoms with van der Waals surface area (Å²) in [6.45, 7) is 1.79. The second kappa shape index (κ2) is 6.85. The Hall–Kier alpha value is -2.15. The molecule has 0 spiro atoms. The van der Waals surface area contributed by atoms with Gasteiger partial charge in [-0.15, -0.1) is 0 Å². The van der Waals surface area contributed by atoms with Gasteiger partial charge in [-0.25, -0.2) is 0 Å². The number of nitro benzene ring substituents is 1. The largest absolute Gasteiger partial charge is 0.396 e. The lowest BCUT2D eigenvalue weighted by Gasteiger charge is -2.16. The zero-order chi connectivity index (χ0) is 15.3. The first-order valence-electron chi connectivity index (χ1n) is 6.24. The van der Waals surface area contributed by atoms with Crippen molar-refractivity contribution in [3.05, 3.63) is 33.9 Å². The highest BCUT2D eigenvalue weighted by Crippen LogP contribution is 2.27. The number of aliphatic hydroxyl groups excluding tert-OH is 1. The van der Waals surface area contributed by atoms with Crippen LogP contribution in [-0.2, 0) is 0 Å². The Morgan fingerprint density at radius 2 is 2.15 bits per heavy atom. The molecule has 1 rings (SSSR count). The van der Waals surface area contributed by atoms with Crippen LogP contribution in [0.15, 0.2) is 18.2 Å². The molecule has 1 unspecified atom stereocenters. The summed E-state index contributed by atoms with van der Waals surface area (Å²) in [4.78, 5) is 23.8. The number of hydrogen-bond acceptors (Lipinski definition) is 5. The summed E-state index contributed by atoms with van der Waals surface area (Å²) in [5.41, 5.74) is 0.563. The molecule has 110 valence electrons. The highest BCUT2D eigenvalue weighted by molar-refractivity contribution is 5.95. The highest BCUT2D eigenvalue weighted by atomic mass is 16.6. The van der Waals surface area contributed by atoms with Crippen molar-refractivity contribution < 1.29 is 14.8 Å². The second-order valence-electron chi connectivity index (χ2n) is 4.75. The predicted octanol–water partition coefficient (Wildman–Crippen LogP) is 1.48. The van der Waals surface area contributed by atoms with Gasteiger partial charge in [-0.2, -0.15) is 0 Å². The van der Waals surface area contributed by atoms with Crippen LogP contribution in [0.3, 0.4) is 0 Å². The molecule has 0 aliphatic heterocycles. The van der Waals surface area contributed by atoms with Gasteiger partial charge in [0.25, 0.3) is 11.6 Å². The molecular weight excluding hydrogens is 262 g/mol. The van der Waals surface area contributed by atoms with Gasteiger partial charge in [0.1, 0.15) is 5.69 Å². The molecule has 1 amide bonds. The summed E-state index contributed by atoms with van der Waals surface area (Å²) in [5.74, 6) is -0.224. The third kappa shape index (κ3) is 3.92. The Morgan fingerprint density at radius 3 is 2.65 bits per heavy atom. The summed E-state index contributed by atoms with van der Waals surface area (Å²) in [6.07, 6.45) is 0.461. The van der Waals surface area contributed by atoms with Crippen LogP contribution in [0.25, 0.3) is 0 Å². The molecule has 0 saturated heterocycles. The smallest absolute Gasteiger partial charge is 0.292 e. The van der Waals surface area contributed by atoms with Crippen molar-refractivity contribution in [1.29, 1.82) is 0 Å². The van der Waals surface area contributed by atoms with E-state index >= 15 is 0 Å². The third-order valence-corrected chi connectivity index (χ3v) is 2.81. The van der Waals surface area contributed by atoms with Crippen molar-refractivity contribution in [2.45, 2.75) is 19.4 Å². The number of benzene rings is 1. The monoisotopic (exact) mass is 281 g/mol. The maximum absolute atomic E-state index is 11.9. The van der Waals surface area contributed by atoms with Crippen molar-refractivity contribution in [2.24, 2.45) is 0 Å². The van der Waals surface area contributed by atoms with Gasteiger partial charge in [-0.3, -0.25) is 14.9 Å². The Labute approximate surface area is 117 Å². The zero-order valence-electron chi connectivity index (χ0n) is 11.8. The fourth-order valence-electron chi connectivity index (χ4n) is 1.73. The maximum Gasteiger partial charge on any atom is 0.292 e. The molecular formula is C13H19N3O4. The van der Waals surface area contributed by atoms with Gasteiger partial charge in [0, 0.05) is 38.4 Å². The molecule has 0 saturated carbocycles. The fourth-order valence-corrected chi connectivity index (χ4v) is 1.73. The number of anilines is 1. The van der Waals surface area contributed by atoms with E-state index in [4.69, 9.17) is 5.11 Å². The topological polar surface area (TPSA) is 95.7 Å². The van der Waals surface area contributed by atoms with Crippen molar-refractivity contribution in [3.63, 3.8) is 0 Å². The van der Waals surface area contributed by atoms with Crippen LogP contribution in [0.4, 0.5) is 11.4 Å². The minimum Gasteiger partial charge on any atom is -0.396 e. The highest BCUT2D eigenvalue weighted by Gasteiger charge is 2.18. The van der Waals surface area contributed by atoms with Crippen molar-refractivity contribution in [2.75, 3.05) is 26.0 Å². The van der Waals surface area contributed by atoms with E-state index in [1.807, 2.05) is 0 Å². The fraction of sp³-hybridized carbons (Fsp3) is 0.462. The van der Waals surface area contributed by atoms with Crippen LogP contribution in [0.1, 0.15) is 23.7 Å². The van der Waals surface area contributed by atoms with Crippen LogP contribution < -0.4 is 5.32 Å². The van der Waals surface area contributed by atoms with Crippen LogP contribution in [-0.4, -0.2) is 47.6 Å². The van der Waals surface area contributed by atoms with Crippen molar-refractivity contribution >= 4 is 17.3 Å². The molecule has 1 atom stereocenters. The minimum atomic E-state index is -0.502. The van der Waals surface area contributed by atoms with E-state index < -0.39 is 4.92 Å². The molecule has 20 heavy (non-hydrogen) atoms. The molecule has 1 aromatic carbocycles. The lowest BCUT2D eigenvalue weighted by atomic mass is 10.1. The molecule has 0 bridgehead atoms. The van der Waals surface area contributed by atoms with Gasteiger partial charge in [0.05, 0.1) is 4.92 Å². The summed E-state index contributed by atoms with van der Waals surface area (Å²) < 4.78 is 0. The van der Waals surface area contributed by atoms with E-state index in [0.717, 1.165) is 0 Å². The van der Waals surface area contributed by atoms with E-state index in [-0.39, 0.29) is 29.9 Å². The summed E-state index contributed by atoms with van der Waals surface area (Å²) in [5, 5.41) is 22.8. The number of nitrogens with one attached hydrogen (secondary N) is 1. The molecule has 0 aromatic heterocycles. The molecule has 0 fully saturated rings. The SMILES string of the molecule is CC(CCO)Nc1cc(C(=O)N(C)C)ccc1[N+](=O)[O-]. The number of carbonyl (C=O) groups is 1. The number of carbonyl (C=O) groups excluding carboxylic acids is 1. The molecule has 0 radical (unpaired) electrons. The van der Waals surface area contributed by atoms with E-state index in [1.54, 1.807) is 21.0 Å². The number of hydrogen-bond donors (Lipinski definition) is 2. The van der Waals surface area contributed by atoms with Gasteiger partial charge in [-0.05, 0) is 25.5 Å². The average Bonchev–Trinajstić information content (AvgIpc) is 2.37. The first kappa shape index (κ1) is 15.9. The molecule has 0 aliphatic rings. The van der Waals surface area contributed by atoms with E-state index in [0.29, 0.717) is 12.0 Å². The lowest BCUT2D eigenvalue weighted by Crippen LogP contribution is -2.22. The Bertz CT molecular complexity index is 502. The molecule has 1 aromatic rings. The van der Waals surface area contributed by atoms with Gasteiger partial charge in [0.15, 0.2) is 0 Å². The Kier molecular flexibility index (Phi) is 5.45. The standard InChI is InChI=1S/C13H19N3O4/c1-9(6-7-17)14-11-8-10(13(18)15(2)3)4-5-12(11)16(19)20/h4-5,8-9,14,17H,6-7H2,1-3H3. The molecule has 7 nitrogen and oxygen atoms in total. The van der Waals surface area contributed by atoms with Crippen LogP contribution in [0, 0.1) is 10.1 Å². The van der Waals surface area contributed by atoms with Crippen LogP contribution in [0.5, 0.6) is 0 Å². The quantitative estimate of drug-likeness (QED) is 0.608. The van der Waals surface area contributed by atoms with E-state index in [2.05, 4.69) is 5.32 Å². The molecule has 7 heteroatoms. The van der Waals surface area contributed by atoms with Crippen molar-refractivity contribution in [3.8, 4) is 0 Å². The summed E-state index contributed by atoms with van der Waals surface area (Å²) in [6, 6.07) is 4.07. The Morgan fingerprint density at radius 1 is 1.50 bits per heavy atom. The maximum atomic E-state index is 11.9. The van der Waals surface area contributed by atoms with Gasteiger partial charge in [-0.1, -0.05) is 0 Å². The molecule has 0 heterocycles. The summed E-state index contributed by atoms with van der Waals surface area (Å²) in [7, 11) is 3.23. The number of aliphatic hydroxyl groups is 1.